The fraction of sp³-hybridized carbons (Fsp3) is 0.118. The zero-order valence-corrected chi connectivity index (χ0v) is 12.2. The van der Waals surface area contributed by atoms with Crippen molar-refractivity contribution in [1.82, 2.24) is 5.01 Å². The second-order valence-electron chi connectivity index (χ2n) is 4.94. The molecule has 5 heteroatoms. The molecule has 0 aliphatic carbocycles. The Bertz CT molecular complexity index is 761. The minimum absolute atomic E-state index is 0.385. The molecule has 5 nitrogen and oxygen atoms in total. The summed E-state index contributed by atoms with van der Waals surface area (Å²) in [5, 5.41) is 4.93. The molecule has 0 saturated heterocycles. The summed E-state index contributed by atoms with van der Waals surface area (Å²) in [5.74, 6) is -0.0259. The molecule has 0 radical (unpaired) electrons. The summed E-state index contributed by atoms with van der Waals surface area (Å²) in [7, 11) is 1.61. The molecule has 0 N–H and O–H groups in total. The van der Waals surface area contributed by atoms with Crippen LogP contribution in [0.5, 0.6) is 5.75 Å². The van der Waals surface area contributed by atoms with Gasteiger partial charge in [0.05, 0.1) is 24.5 Å². The minimum Gasteiger partial charge on any atom is -0.496 e. The van der Waals surface area contributed by atoms with E-state index in [0.717, 1.165) is 21.9 Å². The van der Waals surface area contributed by atoms with E-state index in [0.29, 0.717) is 11.1 Å². The molecule has 2 amide bonds. The van der Waals surface area contributed by atoms with Crippen LogP contribution in [-0.4, -0.2) is 30.1 Å². The van der Waals surface area contributed by atoms with Crippen molar-refractivity contribution in [2.75, 3.05) is 7.11 Å². The van der Waals surface area contributed by atoms with Gasteiger partial charge in [0.25, 0.3) is 11.8 Å². The largest absolute Gasteiger partial charge is 0.496 e. The Hall–Kier alpha value is -2.95. The van der Waals surface area contributed by atoms with Crippen LogP contribution < -0.4 is 4.74 Å². The summed E-state index contributed by atoms with van der Waals surface area (Å²) in [6.45, 7) is 1.91. The average Bonchev–Trinajstić information content (AvgIpc) is 2.77. The van der Waals surface area contributed by atoms with Gasteiger partial charge in [0, 0.05) is 0 Å². The van der Waals surface area contributed by atoms with Crippen LogP contribution in [0.2, 0.25) is 0 Å². The van der Waals surface area contributed by atoms with E-state index in [1.54, 1.807) is 31.4 Å². The third-order valence-corrected chi connectivity index (χ3v) is 3.51. The van der Waals surface area contributed by atoms with Gasteiger partial charge in [-0.2, -0.15) is 10.1 Å². The molecule has 2 aromatic carbocycles. The second kappa shape index (κ2) is 5.44. The molecule has 2 aromatic rings. The molecule has 0 unspecified atom stereocenters. The average molecular weight is 294 g/mol. The summed E-state index contributed by atoms with van der Waals surface area (Å²) in [6, 6.07) is 12.2. The lowest BCUT2D eigenvalue weighted by Crippen LogP contribution is -2.23. The summed E-state index contributed by atoms with van der Waals surface area (Å²) >= 11 is 0. The topological polar surface area (TPSA) is 59.0 Å². The fourth-order valence-electron chi connectivity index (χ4n) is 2.39. The van der Waals surface area contributed by atoms with Gasteiger partial charge in [0.15, 0.2) is 0 Å². The lowest BCUT2D eigenvalue weighted by atomic mass is 10.1. The van der Waals surface area contributed by atoms with Crippen molar-refractivity contribution in [3.05, 3.63) is 64.7 Å². The van der Waals surface area contributed by atoms with E-state index in [1.165, 1.54) is 6.21 Å². The number of aryl methyl sites for hydroxylation is 1. The molecule has 0 aromatic heterocycles. The van der Waals surface area contributed by atoms with Crippen LogP contribution in [0.15, 0.2) is 47.6 Å². The number of nitrogens with zero attached hydrogens (tertiary/aromatic N) is 2. The first-order valence-corrected chi connectivity index (χ1v) is 6.78. The van der Waals surface area contributed by atoms with Crippen molar-refractivity contribution in [1.29, 1.82) is 0 Å². The van der Waals surface area contributed by atoms with E-state index in [4.69, 9.17) is 4.74 Å². The number of rotatable bonds is 3. The number of carbonyl (C=O) groups is 2. The van der Waals surface area contributed by atoms with Gasteiger partial charge in [-0.05, 0) is 48.4 Å². The number of imide groups is 1. The first kappa shape index (κ1) is 14.0. The van der Waals surface area contributed by atoms with Gasteiger partial charge < -0.3 is 4.74 Å². The van der Waals surface area contributed by atoms with Crippen molar-refractivity contribution in [2.24, 2.45) is 5.10 Å². The van der Waals surface area contributed by atoms with Crippen LogP contribution in [0.1, 0.15) is 31.8 Å². The van der Waals surface area contributed by atoms with Gasteiger partial charge in [-0.3, -0.25) is 9.59 Å². The van der Waals surface area contributed by atoms with Crippen molar-refractivity contribution in [3.63, 3.8) is 0 Å². The highest BCUT2D eigenvalue weighted by Gasteiger charge is 2.35. The molecule has 1 aliphatic rings. The van der Waals surface area contributed by atoms with Gasteiger partial charge in [-0.15, -0.1) is 0 Å². The smallest absolute Gasteiger partial charge is 0.282 e. The number of amides is 2. The predicted octanol–water partition coefficient (Wildman–Crippen LogP) is 2.63. The molecular weight excluding hydrogens is 280 g/mol. The molecule has 3 rings (SSSR count). The highest BCUT2D eigenvalue weighted by atomic mass is 16.5. The standard InChI is InChI=1S/C17H14N2O3/c1-11-9-12(7-8-15(11)22-2)10-18-19-16(20)13-5-3-4-6-14(13)17(19)21/h3-10H,1-2H3. The maximum absolute atomic E-state index is 12.2. The van der Waals surface area contributed by atoms with Gasteiger partial charge >= 0.3 is 0 Å². The summed E-state index contributed by atoms with van der Waals surface area (Å²) < 4.78 is 5.19. The van der Waals surface area contributed by atoms with Crippen LogP contribution in [0.25, 0.3) is 0 Å². The van der Waals surface area contributed by atoms with E-state index < -0.39 is 11.8 Å². The number of methoxy groups -OCH3 is 1. The second-order valence-corrected chi connectivity index (χ2v) is 4.94. The zero-order valence-electron chi connectivity index (χ0n) is 12.2. The molecule has 0 atom stereocenters. The summed E-state index contributed by atoms with van der Waals surface area (Å²) in [6.07, 6.45) is 1.49. The molecule has 0 fully saturated rings. The van der Waals surface area contributed by atoms with Crippen LogP contribution in [0.4, 0.5) is 0 Å². The van der Waals surface area contributed by atoms with Crippen LogP contribution >= 0.6 is 0 Å². The van der Waals surface area contributed by atoms with Gasteiger partial charge in [-0.25, -0.2) is 0 Å². The van der Waals surface area contributed by atoms with Gasteiger partial charge in [-0.1, -0.05) is 12.1 Å². The minimum atomic E-state index is -0.401. The van der Waals surface area contributed by atoms with E-state index >= 15 is 0 Å². The van der Waals surface area contributed by atoms with E-state index in [9.17, 15) is 9.59 Å². The van der Waals surface area contributed by atoms with Crippen molar-refractivity contribution in [2.45, 2.75) is 6.92 Å². The Morgan fingerprint density at radius 2 is 1.68 bits per heavy atom. The first-order valence-electron chi connectivity index (χ1n) is 6.78. The Balaban J connectivity index is 1.87. The van der Waals surface area contributed by atoms with Crippen molar-refractivity contribution in [3.8, 4) is 5.75 Å². The Labute approximate surface area is 127 Å². The number of ether oxygens (including phenoxy) is 1. The lowest BCUT2D eigenvalue weighted by Gasteiger charge is -2.07. The van der Waals surface area contributed by atoms with Crippen molar-refractivity contribution >= 4 is 18.0 Å². The van der Waals surface area contributed by atoms with Crippen molar-refractivity contribution < 1.29 is 14.3 Å². The Morgan fingerprint density at radius 3 is 2.23 bits per heavy atom. The summed E-state index contributed by atoms with van der Waals surface area (Å²) in [5.41, 5.74) is 2.51. The van der Waals surface area contributed by atoms with E-state index in [1.807, 2.05) is 25.1 Å². The molecule has 0 saturated carbocycles. The number of carbonyl (C=O) groups excluding carboxylic acids is 2. The van der Waals surface area contributed by atoms with E-state index in [2.05, 4.69) is 5.10 Å². The third kappa shape index (κ3) is 2.26. The maximum atomic E-state index is 12.2. The molecule has 110 valence electrons. The molecule has 0 bridgehead atoms. The third-order valence-electron chi connectivity index (χ3n) is 3.51. The van der Waals surface area contributed by atoms with Gasteiger partial charge in [0.1, 0.15) is 5.75 Å². The molecular formula is C17H14N2O3. The number of hydrazone groups is 1. The highest BCUT2D eigenvalue weighted by molar-refractivity contribution is 6.21. The quantitative estimate of drug-likeness (QED) is 0.646. The lowest BCUT2D eigenvalue weighted by molar-refractivity contribution is 0.0660. The first-order chi connectivity index (χ1) is 10.6. The number of hydrogen-bond acceptors (Lipinski definition) is 4. The Morgan fingerprint density at radius 1 is 1.05 bits per heavy atom. The van der Waals surface area contributed by atoms with Crippen LogP contribution in [-0.2, 0) is 0 Å². The fourth-order valence-corrected chi connectivity index (χ4v) is 2.39. The zero-order chi connectivity index (χ0) is 15.7. The molecule has 1 heterocycles. The number of benzene rings is 2. The highest BCUT2D eigenvalue weighted by Crippen LogP contribution is 2.23. The monoisotopic (exact) mass is 294 g/mol. The molecule has 22 heavy (non-hydrogen) atoms. The van der Waals surface area contributed by atoms with E-state index in [-0.39, 0.29) is 0 Å². The Kier molecular flexibility index (Phi) is 3.47. The summed E-state index contributed by atoms with van der Waals surface area (Å²) in [4.78, 5) is 24.3. The van der Waals surface area contributed by atoms with Crippen LogP contribution in [0.3, 0.4) is 0 Å². The SMILES string of the molecule is COc1ccc(C=NN2C(=O)c3ccccc3C2=O)cc1C. The number of fused-ring (bicyclic) bond motifs is 1. The predicted molar refractivity (Wildman–Crippen MR) is 82.3 cm³/mol. The van der Waals surface area contributed by atoms with Gasteiger partial charge in [0.2, 0.25) is 0 Å². The molecule has 0 spiro atoms. The van der Waals surface area contributed by atoms with Crippen LogP contribution in [0, 0.1) is 6.92 Å². The maximum Gasteiger partial charge on any atom is 0.282 e. The number of hydrogen-bond donors (Lipinski definition) is 0. The normalized spacial score (nSPS) is 13.8. The molecule has 1 aliphatic heterocycles.